The van der Waals surface area contributed by atoms with Crippen LogP contribution in [-0.2, 0) is 105 Å². The molecule has 0 unspecified atom stereocenters. The molecule has 0 bridgehead atoms. The molecule has 0 saturated carbocycles. The molecule has 8 fully saturated rings. The molecule has 0 spiro atoms. The van der Waals surface area contributed by atoms with Gasteiger partial charge in [-0.15, -0.1) is 0 Å². The van der Waals surface area contributed by atoms with Crippen LogP contribution in [0.5, 0.6) is 0 Å². The zero-order valence-corrected chi connectivity index (χ0v) is 65.1. The Kier molecular flexibility index (Phi) is 36.9. The first-order chi connectivity index (χ1) is 56.5. The lowest BCUT2D eigenvalue weighted by atomic mass is 9.88. The van der Waals surface area contributed by atoms with Crippen molar-refractivity contribution in [3.63, 3.8) is 0 Å². The maximum absolute atomic E-state index is 13.5. The first kappa shape index (κ1) is 101. The van der Waals surface area contributed by atoms with Gasteiger partial charge in [0, 0.05) is 41.0 Å². The Morgan fingerprint density at radius 2 is 0.792 bits per heavy atom. The van der Waals surface area contributed by atoms with Crippen molar-refractivity contribution in [1.82, 2.24) is 26.6 Å². The highest BCUT2D eigenvalue weighted by Gasteiger charge is 2.63. The maximum atomic E-state index is 13.5. The molecule has 31 N–H and O–H groups in total. The number of hydrogen-bond acceptors (Lipinski definition) is 47. The Bertz CT molecular complexity index is 3270. The molecule has 120 heavy (non-hydrogen) atoms. The summed E-state index contributed by atoms with van der Waals surface area (Å²) in [5.41, 5.74) is 0. The Labute approximate surface area is 680 Å². The van der Waals surface area contributed by atoms with Crippen molar-refractivity contribution in [1.29, 1.82) is 0 Å². The molecule has 0 radical (unpaired) electrons. The van der Waals surface area contributed by atoms with Crippen molar-refractivity contribution >= 4 is 35.5 Å². The summed E-state index contributed by atoms with van der Waals surface area (Å²) in [4.78, 5) is 77.4. The fourth-order valence-corrected chi connectivity index (χ4v) is 15.1. The Morgan fingerprint density at radius 1 is 0.392 bits per heavy atom. The number of ether oxygens (including phenoxy) is 16. The molecule has 8 rings (SSSR count). The molecule has 0 aromatic carbocycles. The van der Waals surface area contributed by atoms with Crippen LogP contribution in [0, 0.1) is 0 Å². The van der Waals surface area contributed by atoms with Crippen molar-refractivity contribution in [2.75, 3.05) is 59.5 Å². The minimum absolute atomic E-state index is 0.884. The number of aliphatic hydroxyl groups is 25. The highest BCUT2D eigenvalue weighted by Crippen LogP contribution is 2.42. The minimum Gasteiger partial charge on any atom is -0.477 e. The molecular formula is C67H113N5O48. The van der Waals surface area contributed by atoms with E-state index in [1.165, 1.54) is 6.92 Å². The number of carboxylic acid groups (broad SMARTS) is 1. The lowest BCUT2D eigenvalue weighted by Gasteiger charge is -2.52. The summed E-state index contributed by atoms with van der Waals surface area (Å²) in [5, 5.41) is 300. The monoisotopic (exact) mass is 1760 g/mol. The van der Waals surface area contributed by atoms with Gasteiger partial charge in [0.05, 0.1) is 83.8 Å². The highest BCUT2D eigenvalue weighted by atomic mass is 16.8. The van der Waals surface area contributed by atoms with Crippen molar-refractivity contribution in [2.45, 2.75) is 323 Å². The van der Waals surface area contributed by atoms with Crippen molar-refractivity contribution in [3.05, 3.63) is 0 Å². The molecule has 53 heteroatoms. The fraction of sp³-hybridized carbons (Fsp3) is 0.910. The van der Waals surface area contributed by atoms with Crippen molar-refractivity contribution < 1.29 is 237 Å². The highest BCUT2D eigenvalue weighted by molar-refractivity contribution is 5.77. The first-order valence-corrected chi connectivity index (χ1v) is 38.0. The smallest absolute Gasteiger partial charge is 0.364 e. The molecule has 8 saturated heterocycles. The van der Waals surface area contributed by atoms with Gasteiger partial charge in [-0.05, 0) is 6.92 Å². The number of hydrogen-bond donors (Lipinski definition) is 31. The standard InChI is InChI=1S/C67H113N5O48/c1-17-37(89)45(97)47(99)62(106-17)117-56-36(72-22(6)85)61(112-32(15-80)54(56)116-65-50(102)58(42(94)29(12-77)109-65)120-67(66(103)104)7-24(86)33(69-19(3)82)55(119-67)38(90)25(87)9-74)118-57-41(93)28(11-76)108-64(49(57)101)115-52-30(13-78)110-59(34(43(52)95)70-20(4)83)105-16-26(88)39(91)51(23(8-73)68-18(2)81)113-60-35(71-21(5)84)44(96)53(31(14-79)111-60)114-63-48(100)46(98)40(92)27(10-75)107-63/h17,23-65,73-80,86-102H,7-16H2,1-6H3,(H,68,81)(H,69,82)(H,70,83)(H,71,84)(H,72,85)(H,103,104)/t17-,23-,24-,25+,26+,27+,28+,29+,30+,31+,32+,33+,34+,35+,36+,37+,38+,39-,40-,41-,42-,43+,44+,45+,46-,47-,48+,49+,50+,51+,52+,53+,54+,55+,56+,57-,58-,59+,60-,61-,62-,63-,64-,65-,67-/m0/s1. The van der Waals surface area contributed by atoms with Crippen molar-refractivity contribution in [2.24, 2.45) is 0 Å². The van der Waals surface area contributed by atoms with Gasteiger partial charge in [-0.25, -0.2) is 4.79 Å². The third-order valence-corrected chi connectivity index (χ3v) is 21.3. The van der Waals surface area contributed by atoms with E-state index in [0.29, 0.717) is 0 Å². The average molecular weight is 1760 g/mol. The lowest BCUT2D eigenvalue weighted by Crippen LogP contribution is -2.72. The van der Waals surface area contributed by atoms with E-state index < -0.39 is 377 Å². The molecule has 694 valence electrons. The van der Waals surface area contributed by atoms with Gasteiger partial charge >= 0.3 is 5.97 Å². The van der Waals surface area contributed by atoms with Gasteiger partial charge in [-0.2, -0.15) is 0 Å². The van der Waals surface area contributed by atoms with E-state index in [1.807, 2.05) is 0 Å². The number of amides is 5. The lowest BCUT2D eigenvalue weighted by molar-refractivity contribution is -0.399. The molecule has 8 aliphatic heterocycles. The predicted molar refractivity (Wildman–Crippen MR) is 373 cm³/mol. The van der Waals surface area contributed by atoms with Gasteiger partial charge in [0.15, 0.2) is 44.0 Å². The summed E-state index contributed by atoms with van der Waals surface area (Å²) >= 11 is 0. The molecular weight excluding hydrogens is 1640 g/mol. The zero-order valence-electron chi connectivity index (χ0n) is 65.1. The third-order valence-electron chi connectivity index (χ3n) is 21.3. The summed E-state index contributed by atoms with van der Waals surface area (Å²) in [6.45, 7) is -4.62. The molecule has 45 atom stereocenters. The van der Waals surface area contributed by atoms with Crippen LogP contribution in [0.3, 0.4) is 0 Å². The second-order valence-electron chi connectivity index (χ2n) is 30.1. The molecule has 53 nitrogen and oxygen atoms in total. The first-order valence-electron chi connectivity index (χ1n) is 38.0. The van der Waals surface area contributed by atoms with Crippen LogP contribution >= 0.6 is 0 Å². The molecule has 8 aliphatic rings. The summed E-state index contributed by atoms with van der Waals surface area (Å²) in [7, 11) is 0. The summed E-state index contributed by atoms with van der Waals surface area (Å²) in [6, 6.07) is -9.41. The second-order valence-corrected chi connectivity index (χ2v) is 30.1. The SMILES string of the molecule is CC(=O)N[C@H]1[C@H](O[C@@H]([C@@H](O)[C@H](O)CO[C@@H]2O[C@H](CO)[C@@H](O[C@@H]3O[C@H](CO)[C@H](O)[C@H](O[C@@H]4O[C@H](CO)[C@@H](O[C@@H]5O[C@H](CO)[C@H](O)[C@H](O[C@]6(C(=O)O)C[C@H](O)[C@@H](NC(C)=O)[C@H]([C@H](O)[C@H](O)CO)O6)[C@H]5O)[C@H](O[C@@H]5O[C@@H](C)[C@@H](O)[C@@H](O)[C@@H]5O)[C@H]4NC(C)=O)[C@H]3O)[C@H](O)[C@H]2NC(C)=O)[C@H](CO)NC(C)=O)O[C@H](CO)[C@@H](O[C@@H]2O[C@H](CO)[C@H](O)[C@H](O)[C@H]2O)[C@@H]1O. The number of nitrogens with one attached hydrogen (secondary N) is 5. The number of aliphatic carboxylic acids is 1. The van der Waals surface area contributed by atoms with E-state index in [0.717, 1.165) is 34.6 Å². The summed E-state index contributed by atoms with van der Waals surface area (Å²) < 4.78 is 94.6. The van der Waals surface area contributed by atoms with Gasteiger partial charge < -0.3 is 235 Å². The number of aliphatic hydroxyl groups excluding tert-OH is 25. The number of rotatable bonds is 36. The minimum atomic E-state index is -3.33. The van der Waals surface area contributed by atoms with Gasteiger partial charge in [-0.3, -0.25) is 24.0 Å². The number of carbonyl (C=O) groups is 6. The largest absolute Gasteiger partial charge is 0.477 e. The number of carboxylic acids is 1. The van der Waals surface area contributed by atoms with E-state index >= 15 is 0 Å². The van der Waals surface area contributed by atoms with Gasteiger partial charge in [0.2, 0.25) is 29.5 Å². The molecule has 5 amide bonds. The molecule has 0 aliphatic carbocycles. The van der Waals surface area contributed by atoms with Crippen molar-refractivity contribution in [3.8, 4) is 0 Å². The zero-order chi connectivity index (χ0) is 89.3. The van der Waals surface area contributed by atoms with Crippen LogP contribution in [0.15, 0.2) is 0 Å². The summed E-state index contributed by atoms with van der Waals surface area (Å²) in [6.07, 6.45) is -84.1. The maximum Gasteiger partial charge on any atom is 0.364 e. The van der Waals surface area contributed by atoms with E-state index in [-0.39, 0.29) is 0 Å². The second kappa shape index (κ2) is 44.1. The normalized spacial score (nSPS) is 44.1. The predicted octanol–water partition coefficient (Wildman–Crippen LogP) is -20.0. The van der Waals surface area contributed by atoms with Crippen LogP contribution in [-0.4, -0.2) is 503 Å². The molecule has 0 aromatic heterocycles. The Balaban J connectivity index is 1.05. The average Bonchev–Trinajstić information content (AvgIpc) is 0.752. The van der Waals surface area contributed by atoms with E-state index in [4.69, 9.17) is 75.8 Å². The quantitative estimate of drug-likeness (QED) is 0.0277. The Morgan fingerprint density at radius 3 is 1.27 bits per heavy atom. The molecule has 0 aromatic rings. The van der Waals surface area contributed by atoms with Crippen LogP contribution in [0.4, 0.5) is 0 Å². The Hall–Kier alpha value is -4.82. The van der Waals surface area contributed by atoms with E-state index in [1.54, 1.807) is 0 Å². The molecule has 8 heterocycles. The third kappa shape index (κ3) is 22.9. The van der Waals surface area contributed by atoms with Crippen LogP contribution in [0.1, 0.15) is 48.0 Å². The van der Waals surface area contributed by atoms with E-state index in [9.17, 15) is 162 Å². The summed E-state index contributed by atoms with van der Waals surface area (Å²) in [5.74, 6) is -10.2. The van der Waals surface area contributed by atoms with Gasteiger partial charge in [0.25, 0.3) is 5.79 Å². The number of carbonyl (C=O) groups excluding carboxylic acids is 5. The van der Waals surface area contributed by atoms with Crippen LogP contribution in [0.25, 0.3) is 0 Å². The fourth-order valence-electron chi connectivity index (χ4n) is 15.1. The van der Waals surface area contributed by atoms with Gasteiger partial charge in [0.1, 0.15) is 201 Å². The van der Waals surface area contributed by atoms with Crippen LogP contribution in [0.2, 0.25) is 0 Å². The van der Waals surface area contributed by atoms with Crippen LogP contribution < -0.4 is 26.6 Å². The van der Waals surface area contributed by atoms with E-state index in [2.05, 4.69) is 26.6 Å². The van der Waals surface area contributed by atoms with Gasteiger partial charge in [-0.1, -0.05) is 0 Å². The topological polar surface area (TPSA) is 836 Å².